The topological polar surface area (TPSA) is 29.5 Å². The first kappa shape index (κ1) is 8.77. The van der Waals surface area contributed by atoms with Crippen molar-refractivity contribution in [3.05, 3.63) is 29.8 Å². The Kier molecular flexibility index (Phi) is 1.91. The lowest BCUT2D eigenvalue weighted by molar-refractivity contribution is 0.0726. The number of hydrogen-bond donors (Lipinski definition) is 0. The maximum absolute atomic E-state index is 12.2. The van der Waals surface area contributed by atoms with Gasteiger partial charge in [-0.15, -0.1) is 0 Å². The van der Waals surface area contributed by atoms with E-state index in [1.54, 1.807) is 0 Å². The zero-order valence-electron chi connectivity index (χ0n) is 8.48. The van der Waals surface area contributed by atoms with E-state index in [9.17, 15) is 4.79 Å². The second-order valence-corrected chi connectivity index (χ2v) is 4.10. The third-order valence-electron chi connectivity index (χ3n) is 3.19. The summed E-state index contributed by atoms with van der Waals surface area (Å²) in [4.78, 5) is 14.1. The SMILES string of the molecule is O=C1c2ccccc2OC[C@@H]2CCCN12. The van der Waals surface area contributed by atoms with E-state index in [-0.39, 0.29) is 11.9 Å². The molecule has 2 heterocycles. The summed E-state index contributed by atoms with van der Waals surface area (Å²) >= 11 is 0. The van der Waals surface area contributed by atoms with Crippen LogP contribution in [0.2, 0.25) is 0 Å². The number of carbonyl (C=O) groups is 1. The van der Waals surface area contributed by atoms with Gasteiger partial charge in [-0.3, -0.25) is 4.79 Å². The minimum atomic E-state index is 0.130. The molecule has 0 unspecified atom stereocenters. The van der Waals surface area contributed by atoms with Gasteiger partial charge in [-0.1, -0.05) is 12.1 Å². The van der Waals surface area contributed by atoms with Gasteiger partial charge in [0.1, 0.15) is 12.4 Å². The predicted molar refractivity (Wildman–Crippen MR) is 56.0 cm³/mol. The Bertz CT molecular complexity index is 402. The summed E-state index contributed by atoms with van der Waals surface area (Å²) in [6.45, 7) is 1.52. The second kappa shape index (κ2) is 3.26. The fourth-order valence-electron chi connectivity index (χ4n) is 2.39. The molecule has 1 amide bonds. The van der Waals surface area contributed by atoms with E-state index in [1.807, 2.05) is 29.2 Å². The summed E-state index contributed by atoms with van der Waals surface area (Å²) in [6.07, 6.45) is 2.17. The van der Waals surface area contributed by atoms with Gasteiger partial charge >= 0.3 is 0 Å². The molecule has 1 fully saturated rings. The molecule has 0 radical (unpaired) electrons. The maximum atomic E-state index is 12.2. The molecule has 15 heavy (non-hydrogen) atoms. The summed E-state index contributed by atoms with van der Waals surface area (Å²) in [5.74, 6) is 0.863. The number of rotatable bonds is 0. The van der Waals surface area contributed by atoms with Gasteiger partial charge in [-0.2, -0.15) is 0 Å². The van der Waals surface area contributed by atoms with Gasteiger partial charge < -0.3 is 9.64 Å². The average Bonchev–Trinajstić information content (AvgIpc) is 2.69. The van der Waals surface area contributed by atoms with Crippen molar-refractivity contribution in [1.29, 1.82) is 0 Å². The fraction of sp³-hybridized carbons (Fsp3) is 0.417. The van der Waals surface area contributed by atoms with Crippen LogP contribution >= 0.6 is 0 Å². The molecule has 78 valence electrons. The molecule has 3 rings (SSSR count). The van der Waals surface area contributed by atoms with Crippen molar-refractivity contribution in [2.45, 2.75) is 18.9 Å². The number of fused-ring (bicyclic) bond motifs is 2. The standard InChI is InChI=1S/C12H13NO2/c14-12-10-5-1-2-6-11(10)15-8-9-4-3-7-13(9)12/h1-2,5-6,9H,3-4,7-8H2/t9-/m0/s1. The quantitative estimate of drug-likeness (QED) is 0.642. The number of amides is 1. The fourth-order valence-corrected chi connectivity index (χ4v) is 2.39. The van der Waals surface area contributed by atoms with Crippen LogP contribution in [0.3, 0.4) is 0 Å². The van der Waals surface area contributed by atoms with Crippen LogP contribution in [0.4, 0.5) is 0 Å². The normalized spacial score (nSPS) is 24.1. The minimum Gasteiger partial charge on any atom is -0.491 e. The lowest BCUT2D eigenvalue weighted by Crippen LogP contribution is -2.36. The van der Waals surface area contributed by atoms with Crippen LogP contribution in [-0.4, -0.2) is 30.0 Å². The van der Waals surface area contributed by atoms with Crippen molar-refractivity contribution in [3.8, 4) is 5.75 Å². The maximum Gasteiger partial charge on any atom is 0.257 e. The highest BCUT2D eigenvalue weighted by Crippen LogP contribution is 2.29. The Morgan fingerprint density at radius 1 is 1.33 bits per heavy atom. The summed E-state index contributed by atoms with van der Waals surface area (Å²) in [5, 5.41) is 0. The van der Waals surface area contributed by atoms with Crippen LogP contribution < -0.4 is 4.74 Å². The molecule has 0 spiro atoms. The molecule has 1 aromatic carbocycles. The van der Waals surface area contributed by atoms with Crippen LogP contribution in [0, 0.1) is 0 Å². The van der Waals surface area contributed by atoms with E-state index in [2.05, 4.69) is 0 Å². The number of benzene rings is 1. The van der Waals surface area contributed by atoms with Crippen LogP contribution in [0.15, 0.2) is 24.3 Å². The van der Waals surface area contributed by atoms with Crippen molar-refractivity contribution in [1.82, 2.24) is 4.90 Å². The molecule has 2 aliphatic heterocycles. The molecule has 1 saturated heterocycles. The van der Waals surface area contributed by atoms with Gasteiger partial charge in [0.2, 0.25) is 0 Å². The van der Waals surface area contributed by atoms with E-state index >= 15 is 0 Å². The van der Waals surface area contributed by atoms with Gasteiger partial charge in [0, 0.05) is 6.54 Å². The van der Waals surface area contributed by atoms with Crippen LogP contribution in [0.1, 0.15) is 23.2 Å². The monoisotopic (exact) mass is 203 g/mol. The summed E-state index contributed by atoms with van der Waals surface area (Å²) < 4.78 is 5.67. The highest BCUT2D eigenvalue weighted by molar-refractivity contribution is 5.97. The van der Waals surface area contributed by atoms with Gasteiger partial charge in [0.05, 0.1) is 11.6 Å². The zero-order valence-corrected chi connectivity index (χ0v) is 8.48. The van der Waals surface area contributed by atoms with E-state index in [4.69, 9.17) is 4.74 Å². The van der Waals surface area contributed by atoms with Crippen molar-refractivity contribution in [2.24, 2.45) is 0 Å². The molecule has 0 aliphatic carbocycles. The number of nitrogens with zero attached hydrogens (tertiary/aromatic N) is 1. The average molecular weight is 203 g/mol. The minimum absolute atomic E-state index is 0.130. The number of ether oxygens (including phenoxy) is 1. The molecule has 3 heteroatoms. The number of hydrogen-bond acceptors (Lipinski definition) is 2. The van der Waals surface area contributed by atoms with E-state index in [0.29, 0.717) is 12.2 Å². The molecular weight excluding hydrogens is 190 g/mol. The molecule has 0 N–H and O–H groups in total. The summed E-state index contributed by atoms with van der Waals surface area (Å²) in [6, 6.07) is 7.79. The van der Waals surface area contributed by atoms with E-state index in [0.717, 1.165) is 25.1 Å². The summed E-state index contributed by atoms with van der Waals surface area (Å²) in [5.41, 5.74) is 0.710. The highest BCUT2D eigenvalue weighted by atomic mass is 16.5. The predicted octanol–water partition coefficient (Wildman–Crippen LogP) is 1.68. The van der Waals surface area contributed by atoms with Crippen LogP contribution in [0.5, 0.6) is 5.75 Å². The van der Waals surface area contributed by atoms with E-state index < -0.39 is 0 Å². The Morgan fingerprint density at radius 2 is 2.20 bits per heavy atom. The third kappa shape index (κ3) is 1.30. The molecule has 0 saturated carbocycles. The molecule has 1 aromatic rings. The highest BCUT2D eigenvalue weighted by Gasteiger charge is 2.33. The molecule has 0 bridgehead atoms. The smallest absolute Gasteiger partial charge is 0.257 e. The van der Waals surface area contributed by atoms with Gasteiger partial charge in [-0.25, -0.2) is 0 Å². The van der Waals surface area contributed by atoms with Crippen molar-refractivity contribution < 1.29 is 9.53 Å². The number of carbonyl (C=O) groups excluding carboxylic acids is 1. The van der Waals surface area contributed by atoms with Crippen molar-refractivity contribution in [2.75, 3.05) is 13.2 Å². The van der Waals surface area contributed by atoms with Gasteiger partial charge in [-0.05, 0) is 25.0 Å². The molecule has 2 aliphatic rings. The van der Waals surface area contributed by atoms with E-state index in [1.165, 1.54) is 0 Å². The largest absolute Gasteiger partial charge is 0.491 e. The summed E-state index contributed by atoms with van der Waals surface area (Å²) in [7, 11) is 0. The van der Waals surface area contributed by atoms with Crippen LogP contribution in [0.25, 0.3) is 0 Å². The van der Waals surface area contributed by atoms with Gasteiger partial charge in [0.15, 0.2) is 0 Å². The molecule has 1 atom stereocenters. The lowest BCUT2D eigenvalue weighted by atomic mass is 10.2. The van der Waals surface area contributed by atoms with Gasteiger partial charge in [0.25, 0.3) is 5.91 Å². The lowest BCUT2D eigenvalue weighted by Gasteiger charge is -2.20. The molecule has 0 aromatic heterocycles. The zero-order chi connectivity index (χ0) is 10.3. The Hall–Kier alpha value is -1.51. The first-order chi connectivity index (χ1) is 7.36. The Labute approximate surface area is 88.6 Å². The Balaban J connectivity index is 2.04. The number of para-hydroxylation sites is 1. The molecule has 3 nitrogen and oxygen atoms in total. The second-order valence-electron chi connectivity index (χ2n) is 4.10. The Morgan fingerprint density at radius 3 is 3.13 bits per heavy atom. The third-order valence-corrected chi connectivity index (χ3v) is 3.19. The van der Waals surface area contributed by atoms with Crippen LogP contribution in [-0.2, 0) is 0 Å². The first-order valence-corrected chi connectivity index (χ1v) is 5.39. The molecular formula is C12H13NO2. The van der Waals surface area contributed by atoms with Crippen molar-refractivity contribution >= 4 is 5.91 Å². The van der Waals surface area contributed by atoms with Crippen molar-refractivity contribution in [3.63, 3.8) is 0 Å². The first-order valence-electron chi connectivity index (χ1n) is 5.39.